The predicted octanol–water partition coefficient (Wildman–Crippen LogP) is 2.41. The molecule has 1 aromatic rings. The zero-order chi connectivity index (χ0) is 12.7. The average molecular weight is 257 g/mol. The van der Waals surface area contributed by atoms with Crippen molar-refractivity contribution < 1.29 is 4.84 Å². The summed E-state index contributed by atoms with van der Waals surface area (Å²) in [7, 11) is 0. The highest BCUT2D eigenvalue weighted by molar-refractivity contribution is 6.01. The molecule has 1 atom stereocenters. The van der Waals surface area contributed by atoms with Gasteiger partial charge in [0.05, 0.1) is 12.1 Å². The Morgan fingerprint density at radius 3 is 2.58 bits per heavy atom. The highest BCUT2D eigenvalue weighted by atomic mass is 16.7. The van der Waals surface area contributed by atoms with E-state index in [1.165, 1.54) is 25.7 Å². The van der Waals surface area contributed by atoms with Crippen molar-refractivity contribution in [3.63, 3.8) is 0 Å². The number of oxime groups is 1. The highest BCUT2D eigenvalue weighted by Gasteiger charge is 2.55. The maximum atomic E-state index is 6.01. The molecule has 19 heavy (non-hydrogen) atoms. The van der Waals surface area contributed by atoms with Crippen LogP contribution in [0.4, 0.5) is 0 Å². The van der Waals surface area contributed by atoms with Gasteiger partial charge in [-0.2, -0.15) is 0 Å². The Bertz CT molecular complexity index is 491. The van der Waals surface area contributed by atoms with Crippen LogP contribution in [0.3, 0.4) is 0 Å². The van der Waals surface area contributed by atoms with Crippen molar-refractivity contribution in [2.45, 2.75) is 37.8 Å². The van der Waals surface area contributed by atoms with Gasteiger partial charge in [0.2, 0.25) is 0 Å². The van der Waals surface area contributed by atoms with Gasteiger partial charge in [-0.25, -0.2) is 0 Å². The second-order valence-corrected chi connectivity index (χ2v) is 5.86. The maximum absolute atomic E-state index is 6.01. The summed E-state index contributed by atoms with van der Waals surface area (Å²) in [5, 5.41) is 4.41. The Kier molecular flexibility index (Phi) is 2.58. The van der Waals surface area contributed by atoms with E-state index in [1.807, 2.05) is 24.5 Å². The third-order valence-corrected chi connectivity index (χ3v) is 4.60. The molecule has 0 bridgehead atoms. The zero-order valence-electron chi connectivity index (χ0n) is 11.1. The van der Waals surface area contributed by atoms with E-state index in [2.05, 4.69) is 15.0 Å². The van der Waals surface area contributed by atoms with Crippen molar-refractivity contribution in [1.82, 2.24) is 9.88 Å². The minimum Gasteiger partial charge on any atom is -0.372 e. The number of aromatic nitrogens is 1. The lowest BCUT2D eigenvalue weighted by atomic mass is 9.96. The summed E-state index contributed by atoms with van der Waals surface area (Å²) in [4.78, 5) is 12.6. The van der Waals surface area contributed by atoms with Gasteiger partial charge >= 0.3 is 0 Å². The van der Waals surface area contributed by atoms with Crippen LogP contribution in [0.5, 0.6) is 0 Å². The predicted molar refractivity (Wildman–Crippen MR) is 72.7 cm³/mol. The van der Waals surface area contributed by atoms with Gasteiger partial charge in [0.25, 0.3) is 0 Å². The third-order valence-electron chi connectivity index (χ3n) is 4.60. The Balaban J connectivity index is 1.60. The summed E-state index contributed by atoms with van der Waals surface area (Å²) >= 11 is 0. The summed E-state index contributed by atoms with van der Waals surface area (Å²) in [6.45, 7) is 2.32. The van der Waals surface area contributed by atoms with E-state index >= 15 is 0 Å². The molecule has 3 heterocycles. The summed E-state index contributed by atoms with van der Waals surface area (Å²) in [5.74, 6) is 0.675. The molecule has 2 aliphatic heterocycles. The van der Waals surface area contributed by atoms with Gasteiger partial charge in [0, 0.05) is 37.0 Å². The largest absolute Gasteiger partial charge is 0.372 e. The van der Waals surface area contributed by atoms with E-state index in [0.717, 1.165) is 30.8 Å². The average Bonchev–Trinajstić information content (AvgIpc) is 3.02. The molecule has 1 saturated carbocycles. The Morgan fingerprint density at radius 2 is 1.89 bits per heavy atom. The lowest BCUT2D eigenvalue weighted by Crippen LogP contribution is -2.49. The molecule has 1 aliphatic carbocycles. The smallest absolute Gasteiger partial charge is 0.199 e. The molecule has 0 N–H and O–H groups in total. The number of rotatable bonds is 3. The molecule has 100 valence electrons. The van der Waals surface area contributed by atoms with E-state index in [0.29, 0.717) is 5.92 Å². The fourth-order valence-electron chi connectivity index (χ4n) is 3.41. The molecule has 0 spiro atoms. The van der Waals surface area contributed by atoms with Crippen molar-refractivity contribution in [2.24, 2.45) is 11.1 Å². The SMILES string of the molecule is c1cc(C2=NOC(C3CC3)(N3CCCC3)C2)ccn1. The molecule has 4 nitrogen and oxygen atoms in total. The number of hydrogen-bond donors (Lipinski definition) is 0. The summed E-state index contributed by atoms with van der Waals surface area (Å²) in [6, 6.07) is 4.05. The van der Waals surface area contributed by atoms with Crippen LogP contribution < -0.4 is 0 Å². The molecule has 3 aliphatic rings. The van der Waals surface area contributed by atoms with Crippen LogP contribution in [0, 0.1) is 5.92 Å². The van der Waals surface area contributed by atoms with Crippen LogP contribution in [0.15, 0.2) is 29.7 Å². The first-order valence-corrected chi connectivity index (χ1v) is 7.29. The van der Waals surface area contributed by atoms with Crippen molar-refractivity contribution in [1.29, 1.82) is 0 Å². The lowest BCUT2D eigenvalue weighted by molar-refractivity contribution is -0.144. The molecule has 1 saturated heterocycles. The van der Waals surface area contributed by atoms with Gasteiger partial charge in [-0.3, -0.25) is 9.88 Å². The molecule has 0 radical (unpaired) electrons. The molecule has 4 heteroatoms. The van der Waals surface area contributed by atoms with Gasteiger partial charge in [-0.15, -0.1) is 0 Å². The topological polar surface area (TPSA) is 37.7 Å². The second-order valence-electron chi connectivity index (χ2n) is 5.86. The van der Waals surface area contributed by atoms with E-state index in [1.54, 1.807) is 0 Å². The number of likely N-dealkylation sites (tertiary alicyclic amines) is 1. The molecule has 4 rings (SSSR count). The van der Waals surface area contributed by atoms with Crippen LogP contribution in [0.2, 0.25) is 0 Å². The van der Waals surface area contributed by atoms with Gasteiger partial charge in [-0.05, 0) is 37.8 Å². The van der Waals surface area contributed by atoms with E-state index in [-0.39, 0.29) is 5.72 Å². The summed E-state index contributed by atoms with van der Waals surface area (Å²) in [5.41, 5.74) is 2.10. The molecule has 0 amide bonds. The van der Waals surface area contributed by atoms with Gasteiger partial charge < -0.3 is 4.84 Å². The quantitative estimate of drug-likeness (QED) is 0.834. The number of hydrogen-bond acceptors (Lipinski definition) is 4. The fourth-order valence-corrected chi connectivity index (χ4v) is 3.41. The third kappa shape index (κ3) is 1.86. The van der Waals surface area contributed by atoms with E-state index < -0.39 is 0 Å². The van der Waals surface area contributed by atoms with Crippen LogP contribution in [0.1, 0.15) is 37.7 Å². The van der Waals surface area contributed by atoms with E-state index in [9.17, 15) is 0 Å². The first-order valence-electron chi connectivity index (χ1n) is 7.29. The molecule has 2 fully saturated rings. The van der Waals surface area contributed by atoms with Gasteiger partial charge in [0.1, 0.15) is 0 Å². The van der Waals surface area contributed by atoms with Crippen LogP contribution in [-0.4, -0.2) is 34.4 Å². The van der Waals surface area contributed by atoms with Crippen molar-refractivity contribution in [3.8, 4) is 0 Å². The minimum atomic E-state index is -0.130. The van der Waals surface area contributed by atoms with Crippen molar-refractivity contribution in [2.75, 3.05) is 13.1 Å². The minimum absolute atomic E-state index is 0.130. The first-order chi connectivity index (χ1) is 9.38. The Hall–Kier alpha value is -1.42. The number of nitrogens with zero attached hydrogens (tertiary/aromatic N) is 3. The van der Waals surface area contributed by atoms with Crippen LogP contribution >= 0.6 is 0 Å². The van der Waals surface area contributed by atoms with Crippen molar-refractivity contribution >= 4 is 5.71 Å². The van der Waals surface area contributed by atoms with Crippen molar-refractivity contribution in [3.05, 3.63) is 30.1 Å². The molecule has 1 unspecified atom stereocenters. The molecular weight excluding hydrogens is 238 g/mol. The lowest BCUT2D eigenvalue weighted by Gasteiger charge is -2.36. The van der Waals surface area contributed by atoms with Gasteiger partial charge in [0.15, 0.2) is 5.72 Å². The molecule has 1 aromatic heterocycles. The summed E-state index contributed by atoms with van der Waals surface area (Å²) < 4.78 is 0. The van der Waals surface area contributed by atoms with Crippen LogP contribution in [0.25, 0.3) is 0 Å². The Morgan fingerprint density at radius 1 is 1.16 bits per heavy atom. The van der Waals surface area contributed by atoms with Gasteiger partial charge in [-0.1, -0.05) is 5.16 Å². The Labute approximate surface area is 113 Å². The first kappa shape index (κ1) is 11.4. The normalized spacial score (nSPS) is 31.3. The summed E-state index contributed by atoms with van der Waals surface area (Å²) in [6.07, 6.45) is 9.74. The molecular formula is C15H19N3O. The second kappa shape index (κ2) is 4.30. The zero-order valence-corrected chi connectivity index (χ0v) is 11.1. The standard InChI is InChI=1S/C15H19N3O/c1-2-10-18(9-1)15(13-3-4-13)11-14(17-19-15)12-5-7-16-8-6-12/h5-8,13H,1-4,9-11H2. The van der Waals surface area contributed by atoms with Crippen LogP contribution in [-0.2, 0) is 4.84 Å². The van der Waals surface area contributed by atoms with E-state index in [4.69, 9.17) is 4.84 Å². The maximum Gasteiger partial charge on any atom is 0.199 e. The highest BCUT2D eigenvalue weighted by Crippen LogP contribution is 2.49. The monoisotopic (exact) mass is 257 g/mol. The molecule has 0 aromatic carbocycles. The fraction of sp³-hybridized carbons (Fsp3) is 0.600. The number of pyridine rings is 1.